The number of piperidine rings is 1. The summed E-state index contributed by atoms with van der Waals surface area (Å²) < 4.78 is 10.1. The fourth-order valence-electron chi connectivity index (χ4n) is 3.03. The minimum absolute atomic E-state index is 0.0602. The third-order valence-electron chi connectivity index (χ3n) is 4.74. The Balaban J connectivity index is 1.44. The van der Waals surface area contributed by atoms with E-state index in [-0.39, 0.29) is 17.7 Å². The summed E-state index contributed by atoms with van der Waals surface area (Å²) >= 11 is 0. The van der Waals surface area contributed by atoms with E-state index in [9.17, 15) is 9.59 Å². The van der Waals surface area contributed by atoms with E-state index in [0.29, 0.717) is 36.9 Å². The van der Waals surface area contributed by atoms with Gasteiger partial charge in [-0.1, -0.05) is 0 Å². The molecule has 1 aromatic rings. The summed E-state index contributed by atoms with van der Waals surface area (Å²) in [4.78, 5) is 26.4. The third kappa shape index (κ3) is 4.49. The smallest absolute Gasteiger partial charge is 0.254 e. The Morgan fingerprint density at radius 2 is 2.25 bits per heavy atom. The predicted molar refractivity (Wildman–Crippen MR) is 86.4 cm³/mol. The minimum atomic E-state index is -0.0770. The van der Waals surface area contributed by atoms with E-state index in [4.69, 9.17) is 9.26 Å². The van der Waals surface area contributed by atoms with Crippen molar-refractivity contribution < 1.29 is 18.8 Å². The first kappa shape index (κ1) is 16.8. The highest BCUT2D eigenvalue weighted by atomic mass is 16.5. The van der Waals surface area contributed by atoms with Gasteiger partial charge >= 0.3 is 0 Å². The average molecular weight is 335 g/mol. The van der Waals surface area contributed by atoms with Crippen molar-refractivity contribution in [1.29, 1.82) is 0 Å². The van der Waals surface area contributed by atoms with Crippen molar-refractivity contribution >= 4 is 11.8 Å². The number of hydrogen-bond acceptors (Lipinski definition) is 5. The largest absolute Gasteiger partial charge is 0.479 e. The molecule has 1 aliphatic heterocycles. The van der Waals surface area contributed by atoms with E-state index < -0.39 is 0 Å². The van der Waals surface area contributed by atoms with Crippen LogP contribution in [0.4, 0.5) is 0 Å². The van der Waals surface area contributed by atoms with Crippen molar-refractivity contribution in [2.75, 3.05) is 26.7 Å². The first-order valence-electron chi connectivity index (χ1n) is 8.70. The Hall–Kier alpha value is -2.05. The van der Waals surface area contributed by atoms with Crippen LogP contribution in [0, 0.1) is 11.8 Å². The number of nitrogens with zero attached hydrogens (tertiary/aromatic N) is 2. The highest BCUT2D eigenvalue weighted by Crippen LogP contribution is 2.28. The number of amides is 2. The van der Waals surface area contributed by atoms with Gasteiger partial charge in [-0.15, -0.1) is 0 Å². The lowest BCUT2D eigenvalue weighted by molar-refractivity contribution is -0.135. The molecule has 7 nitrogen and oxygen atoms in total. The van der Waals surface area contributed by atoms with Gasteiger partial charge in [-0.2, -0.15) is 0 Å². The van der Waals surface area contributed by atoms with Gasteiger partial charge < -0.3 is 19.5 Å². The summed E-state index contributed by atoms with van der Waals surface area (Å²) in [5.74, 6) is 1.81. The molecule has 2 aliphatic rings. The summed E-state index contributed by atoms with van der Waals surface area (Å²) in [7, 11) is 1.52. The number of carbonyl (C=O) groups is 2. The minimum Gasteiger partial charge on any atom is -0.479 e. The quantitative estimate of drug-likeness (QED) is 0.814. The van der Waals surface area contributed by atoms with E-state index in [0.717, 1.165) is 25.9 Å². The summed E-state index contributed by atoms with van der Waals surface area (Å²) in [6.07, 6.45) is 5.03. The van der Waals surface area contributed by atoms with Crippen molar-refractivity contribution in [3.8, 4) is 5.88 Å². The molecule has 0 spiro atoms. The zero-order chi connectivity index (χ0) is 16.9. The van der Waals surface area contributed by atoms with Crippen LogP contribution in [0.1, 0.15) is 37.9 Å². The first-order chi connectivity index (χ1) is 11.7. The van der Waals surface area contributed by atoms with Gasteiger partial charge in [0.25, 0.3) is 5.88 Å². The number of aryl methyl sites for hydroxylation is 1. The van der Waals surface area contributed by atoms with Gasteiger partial charge in [-0.05, 0) is 36.8 Å². The molecule has 1 unspecified atom stereocenters. The zero-order valence-electron chi connectivity index (χ0n) is 14.1. The SMILES string of the molecule is COc1cc(CCC(=O)N2CCCC(C(=O)NCC3CC3)C2)on1. The molecule has 7 heteroatoms. The van der Waals surface area contributed by atoms with E-state index in [1.807, 2.05) is 0 Å². The fourth-order valence-corrected chi connectivity index (χ4v) is 3.03. The number of ether oxygens (including phenoxy) is 1. The summed E-state index contributed by atoms with van der Waals surface area (Å²) in [5.41, 5.74) is 0. The molecule has 0 bridgehead atoms. The Labute approximate surface area is 141 Å². The average Bonchev–Trinajstić information content (AvgIpc) is 3.33. The zero-order valence-corrected chi connectivity index (χ0v) is 14.1. The molecule has 24 heavy (non-hydrogen) atoms. The fraction of sp³-hybridized carbons (Fsp3) is 0.706. The van der Waals surface area contributed by atoms with Crippen LogP contribution in [-0.2, 0) is 16.0 Å². The van der Waals surface area contributed by atoms with Crippen LogP contribution in [0.15, 0.2) is 10.6 Å². The molecule has 132 valence electrons. The van der Waals surface area contributed by atoms with Crippen molar-refractivity contribution in [1.82, 2.24) is 15.4 Å². The molecule has 1 aliphatic carbocycles. The topological polar surface area (TPSA) is 84.7 Å². The molecule has 2 amide bonds. The van der Waals surface area contributed by atoms with Gasteiger partial charge in [0.2, 0.25) is 11.8 Å². The van der Waals surface area contributed by atoms with Crippen molar-refractivity contribution in [3.05, 3.63) is 11.8 Å². The van der Waals surface area contributed by atoms with Gasteiger partial charge in [0.15, 0.2) is 0 Å². The molecule has 1 N–H and O–H groups in total. The molecule has 1 saturated carbocycles. The number of hydrogen-bond donors (Lipinski definition) is 1. The van der Waals surface area contributed by atoms with E-state index >= 15 is 0 Å². The van der Waals surface area contributed by atoms with Crippen LogP contribution in [0.25, 0.3) is 0 Å². The van der Waals surface area contributed by atoms with Crippen LogP contribution >= 0.6 is 0 Å². The lowest BCUT2D eigenvalue weighted by Crippen LogP contribution is -2.45. The lowest BCUT2D eigenvalue weighted by atomic mass is 9.96. The molecule has 0 aromatic carbocycles. The third-order valence-corrected chi connectivity index (χ3v) is 4.74. The number of rotatable bonds is 7. The Kier molecular flexibility index (Phi) is 5.37. The van der Waals surface area contributed by atoms with E-state index in [1.165, 1.54) is 20.0 Å². The van der Waals surface area contributed by atoms with Crippen LogP contribution in [-0.4, -0.2) is 48.6 Å². The Morgan fingerprint density at radius 1 is 1.42 bits per heavy atom. The standard InChI is InChI=1S/C17H25N3O4/c1-23-15-9-14(24-19-15)6-7-16(21)20-8-2-3-13(11-20)17(22)18-10-12-4-5-12/h9,12-13H,2-8,10-11H2,1H3,(H,18,22). The second kappa shape index (κ2) is 7.68. The van der Waals surface area contributed by atoms with Crippen molar-refractivity contribution in [2.24, 2.45) is 11.8 Å². The molecule has 1 atom stereocenters. The van der Waals surface area contributed by atoms with Gasteiger partial charge in [-0.3, -0.25) is 9.59 Å². The van der Waals surface area contributed by atoms with Gasteiger partial charge in [0, 0.05) is 38.5 Å². The summed E-state index contributed by atoms with van der Waals surface area (Å²) in [6.45, 7) is 2.04. The first-order valence-corrected chi connectivity index (χ1v) is 8.70. The van der Waals surface area contributed by atoms with Gasteiger partial charge in [0.1, 0.15) is 5.76 Å². The molecule has 3 rings (SSSR count). The van der Waals surface area contributed by atoms with Crippen LogP contribution in [0.2, 0.25) is 0 Å². The van der Waals surface area contributed by atoms with Gasteiger partial charge in [0.05, 0.1) is 13.0 Å². The van der Waals surface area contributed by atoms with Crippen LogP contribution < -0.4 is 10.1 Å². The highest BCUT2D eigenvalue weighted by Gasteiger charge is 2.29. The molecule has 1 saturated heterocycles. The molecule has 2 fully saturated rings. The van der Waals surface area contributed by atoms with E-state index in [2.05, 4.69) is 10.5 Å². The number of aromatic nitrogens is 1. The van der Waals surface area contributed by atoms with Crippen molar-refractivity contribution in [3.63, 3.8) is 0 Å². The second-order valence-corrected chi connectivity index (χ2v) is 6.70. The lowest BCUT2D eigenvalue weighted by Gasteiger charge is -2.32. The number of methoxy groups -OCH3 is 1. The van der Waals surface area contributed by atoms with Crippen molar-refractivity contribution in [2.45, 2.75) is 38.5 Å². The molecule has 0 radical (unpaired) electrons. The number of likely N-dealkylation sites (tertiary alicyclic amines) is 1. The summed E-state index contributed by atoms with van der Waals surface area (Å²) in [5, 5.41) is 6.75. The maximum atomic E-state index is 12.4. The van der Waals surface area contributed by atoms with Crippen LogP contribution in [0.5, 0.6) is 5.88 Å². The maximum absolute atomic E-state index is 12.4. The Bertz CT molecular complexity index is 582. The summed E-state index contributed by atoms with van der Waals surface area (Å²) in [6, 6.07) is 1.69. The molecular formula is C17H25N3O4. The number of carbonyl (C=O) groups excluding carboxylic acids is 2. The number of nitrogens with one attached hydrogen (secondary N) is 1. The second-order valence-electron chi connectivity index (χ2n) is 6.70. The van der Waals surface area contributed by atoms with E-state index in [1.54, 1.807) is 11.0 Å². The normalized spacial score (nSPS) is 20.7. The maximum Gasteiger partial charge on any atom is 0.254 e. The molecule has 1 aromatic heterocycles. The molecular weight excluding hydrogens is 310 g/mol. The Morgan fingerprint density at radius 3 is 2.96 bits per heavy atom. The highest BCUT2D eigenvalue weighted by molar-refractivity contribution is 5.81. The predicted octanol–water partition coefficient (Wildman–Crippen LogP) is 1.38. The van der Waals surface area contributed by atoms with Crippen LogP contribution in [0.3, 0.4) is 0 Å². The van der Waals surface area contributed by atoms with Gasteiger partial charge in [-0.25, -0.2) is 0 Å². The molecule has 2 heterocycles. The monoisotopic (exact) mass is 335 g/mol.